The fourth-order valence-corrected chi connectivity index (χ4v) is 1.37. The highest BCUT2D eigenvalue weighted by Gasteiger charge is 2.20. The third-order valence-electron chi connectivity index (χ3n) is 2.82. The molecule has 4 heteroatoms. The number of aromatic nitrogens is 2. The van der Waals surface area contributed by atoms with Gasteiger partial charge < -0.3 is 10.5 Å². The molecule has 1 aromatic heterocycles. The molecule has 1 aromatic rings. The van der Waals surface area contributed by atoms with E-state index in [-0.39, 0.29) is 5.54 Å². The molecule has 0 aromatic carbocycles. The van der Waals surface area contributed by atoms with E-state index in [0.717, 1.165) is 18.4 Å². The fraction of sp³-hybridized carbons (Fsp3) is 0.727. The summed E-state index contributed by atoms with van der Waals surface area (Å²) in [6.07, 6.45) is 5.65. The highest BCUT2D eigenvalue weighted by Crippen LogP contribution is 2.12. The molecule has 2 N–H and O–H groups in total. The van der Waals surface area contributed by atoms with Crippen LogP contribution in [0.15, 0.2) is 12.4 Å². The van der Waals surface area contributed by atoms with Gasteiger partial charge in [-0.3, -0.25) is 4.68 Å². The van der Waals surface area contributed by atoms with E-state index in [1.807, 2.05) is 19.4 Å². The van der Waals surface area contributed by atoms with Crippen LogP contribution in [0.2, 0.25) is 0 Å². The van der Waals surface area contributed by atoms with Gasteiger partial charge in [-0.2, -0.15) is 5.10 Å². The van der Waals surface area contributed by atoms with Gasteiger partial charge in [0.05, 0.1) is 19.4 Å². The van der Waals surface area contributed by atoms with E-state index < -0.39 is 0 Å². The Morgan fingerprint density at radius 1 is 1.47 bits per heavy atom. The monoisotopic (exact) mass is 211 g/mol. The molecule has 4 nitrogen and oxygen atoms in total. The minimum absolute atomic E-state index is 0.178. The van der Waals surface area contributed by atoms with Crippen LogP contribution in [-0.2, 0) is 18.4 Å². The molecule has 0 saturated carbocycles. The second-order valence-electron chi connectivity index (χ2n) is 4.08. The summed E-state index contributed by atoms with van der Waals surface area (Å²) in [5.41, 5.74) is 7.03. The van der Waals surface area contributed by atoms with Crippen LogP contribution in [0.3, 0.4) is 0 Å². The van der Waals surface area contributed by atoms with Gasteiger partial charge in [-0.1, -0.05) is 13.8 Å². The second kappa shape index (κ2) is 5.28. The third kappa shape index (κ3) is 3.64. The third-order valence-corrected chi connectivity index (χ3v) is 2.82. The summed E-state index contributed by atoms with van der Waals surface area (Å²) in [7, 11) is 1.90. The van der Waals surface area contributed by atoms with E-state index in [0.29, 0.717) is 13.2 Å². The first-order valence-electron chi connectivity index (χ1n) is 5.44. The summed E-state index contributed by atoms with van der Waals surface area (Å²) < 4.78 is 7.37. The molecular weight excluding hydrogens is 190 g/mol. The van der Waals surface area contributed by atoms with Gasteiger partial charge in [0.2, 0.25) is 0 Å². The number of rotatable bonds is 6. The van der Waals surface area contributed by atoms with Crippen LogP contribution in [0, 0.1) is 0 Å². The van der Waals surface area contributed by atoms with E-state index in [9.17, 15) is 0 Å². The van der Waals surface area contributed by atoms with E-state index in [1.165, 1.54) is 0 Å². The number of aryl methyl sites for hydroxylation is 1. The highest BCUT2D eigenvalue weighted by atomic mass is 16.5. The molecular formula is C11H21N3O. The number of nitrogens with two attached hydrogens (primary N) is 1. The normalized spacial score (nSPS) is 12.0. The average Bonchev–Trinajstić information content (AvgIpc) is 2.64. The summed E-state index contributed by atoms with van der Waals surface area (Å²) in [6, 6.07) is 0. The Balaban J connectivity index is 2.32. The van der Waals surface area contributed by atoms with Gasteiger partial charge >= 0.3 is 0 Å². The topological polar surface area (TPSA) is 53.1 Å². The van der Waals surface area contributed by atoms with Crippen molar-refractivity contribution in [3.05, 3.63) is 18.0 Å². The van der Waals surface area contributed by atoms with Crippen molar-refractivity contribution in [3.63, 3.8) is 0 Å². The van der Waals surface area contributed by atoms with Crippen molar-refractivity contribution in [2.45, 2.75) is 38.8 Å². The first-order chi connectivity index (χ1) is 7.09. The summed E-state index contributed by atoms with van der Waals surface area (Å²) in [6.45, 7) is 5.38. The Morgan fingerprint density at radius 2 is 2.13 bits per heavy atom. The number of nitrogens with zero attached hydrogens (tertiary/aromatic N) is 2. The predicted molar refractivity (Wildman–Crippen MR) is 60.4 cm³/mol. The summed E-state index contributed by atoms with van der Waals surface area (Å²) >= 11 is 0. The number of hydrogen-bond donors (Lipinski definition) is 1. The molecule has 86 valence electrons. The summed E-state index contributed by atoms with van der Waals surface area (Å²) in [5.74, 6) is 0. The Hall–Kier alpha value is -0.870. The minimum atomic E-state index is -0.178. The Labute approximate surface area is 91.4 Å². The molecule has 0 aliphatic rings. The molecule has 0 spiro atoms. The molecule has 0 aliphatic heterocycles. The lowest BCUT2D eigenvalue weighted by Crippen LogP contribution is -2.43. The van der Waals surface area contributed by atoms with Crippen LogP contribution in [0.25, 0.3) is 0 Å². The number of hydrogen-bond acceptors (Lipinski definition) is 3. The zero-order valence-corrected chi connectivity index (χ0v) is 9.86. The van der Waals surface area contributed by atoms with Crippen molar-refractivity contribution < 1.29 is 4.74 Å². The molecule has 1 rings (SSSR count). The first kappa shape index (κ1) is 12.2. The van der Waals surface area contributed by atoms with E-state index in [4.69, 9.17) is 10.5 Å². The molecule has 0 atom stereocenters. The van der Waals surface area contributed by atoms with Gasteiger partial charge in [-0.05, 0) is 12.8 Å². The van der Waals surface area contributed by atoms with E-state index in [1.54, 1.807) is 4.68 Å². The quantitative estimate of drug-likeness (QED) is 0.775. The maximum atomic E-state index is 6.12. The fourth-order valence-electron chi connectivity index (χ4n) is 1.37. The van der Waals surface area contributed by atoms with Crippen molar-refractivity contribution in [3.8, 4) is 0 Å². The van der Waals surface area contributed by atoms with Crippen LogP contribution >= 0.6 is 0 Å². The maximum absolute atomic E-state index is 6.12. The van der Waals surface area contributed by atoms with Crippen molar-refractivity contribution in [1.82, 2.24) is 9.78 Å². The van der Waals surface area contributed by atoms with Gasteiger partial charge in [0, 0.05) is 24.3 Å². The highest BCUT2D eigenvalue weighted by molar-refractivity contribution is 5.01. The molecule has 0 amide bonds. The lowest BCUT2D eigenvalue weighted by Gasteiger charge is -2.26. The molecule has 0 radical (unpaired) electrons. The molecule has 1 heterocycles. The number of ether oxygens (including phenoxy) is 1. The zero-order chi connectivity index (χ0) is 11.3. The molecule has 0 aliphatic carbocycles. The van der Waals surface area contributed by atoms with E-state index >= 15 is 0 Å². The van der Waals surface area contributed by atoms with Crippen molar-refractivity contribution in [2.75, 3.05) is 6.61 Å². The molecule has 15 heavy (non-hydrogen) atoms. The summed E-state index contributed by atoms with van der Waals surface area (Å²) in [4.78, 5) is 0. The first-order valence-corrected chi connectivity index (χ1v) is 5.44. The standard InChI is InChI=1S/C11H21N3O/c1-4-11(12,5-2)9-15-8-10-6-13-14(3)7-10/h6-7H,4-5,8-9,12H2,1-3H3. The Kier molecular flexibility index (Phi) is 4.29. The van der Waals surface area contributed by atoms with Crippen LogP contribution in [-0.4, -0.2) is 21.9 Å². The van der Waals surface area contributed by atoms with Crippen molar-refractivity contribution >= 4 is 0 Å². The Bertz CT molecular complexity index is 292. The van der Waals surface area contributed by atoms with Crippen LogP contribution in [0.1, 0.15) is 32.3 Å². The lowest BCUT2D eigenvalue weighted by atomic mass is 9.96. The summed E-state index contributed by atoms with van der Waals surface area (Å²) in [5, 5.41) is 4.08. The van der Waals surface area contributed by atoms with E-state index in [2.05, 4.69) is 18.9 Å². The van der Waals surface area contributed by atoms with Crippen LogP contribution in [0.4, 0.5) is 0 Å². The van der Waals surface area contributed by atoms with Gasteiger partial charge in [-0.15, -0.1) is 0 Å². The molecule has 0 saturated heterocycles. The van der Waals surface area contributed by atoms with Crippen molar-refractivity contribution in [1.29, 1.82) is 0 Å². The molecule has 0 fully saturated rings. The Morgan fingerprint density at radius 3 is 2.60 bits per heavy atom. The minimum Gasteiger partial charge on any atom is -0.375 e. The van der Waals surface area contributed by atoms with Crippen LogP contribution < -0.4 is 5.73 Å². The molecule has 0 bridgehead atoms. The smallest absolute Gasteiger partial charge is 0.0748 e. The van der Waals surface area contributed by atoms with Crippen molar-refractivity contribution in [2.24, 2.45) is 12.8 Å². The lowest BCUT2D eigenvalue weighted by molar-refractivity contribution is 0.0696. The zero-order valence-electron chi connectivity index (χ0n) is 9.86. The van der Waals surface area contributed by atoms with Crippen LogP contribution in [0.5, 0.6) is 0 Å². The molecule has 0 unspecified atom stereocenters. The largest absolute Gasteiger partial charge is 0.375 e. The second-order valence-corrected chi connectivity index (χ2v) is 4.08. The van der Waals surface area contributed by atoms with Gasteiger partial charge in [0.15, 0.2) is 0 Å². The van der Waals surface area contributed by atoms with Gasteiger partial charge in [0.25, 0.3) is 0 Å². The average molecular weight is 211 g/mol. The predicted octanol–water partition coefficient (Wildman–Crippen LogP) is 1.45. The van der Waals surface area contributed by atoms with Gasteiger partial charge in [0.1, 0.15) is 0 Å². The SMILES string of the molecule is CCC(N)(CC)COCc1cnn(C)c1. The maximum Gasteiger partial charge on any atom is 0.0748 e. The van der Waals surface area contributed by atoms with Gasteiger partial charge in [-0.25, -0.2) is 0 Å².